The van der Waals surface area contributed by atoms with Crippen molar-refractivity contribution in [3.63, 3.8) is 0 Å². The molecule has 0 radical (unpaired) electrons. The molecule has 0 heterocycles. The first-order chi connectivity index (χ1) is 12.5. The minimum absolute atomic E-state index is 0.0943. The normalized spacial score (nSPS) is 11.5. The van der Waals surface area contributed by atoms with Crippen molar-refractivity contribution in [2.75, 3.05) is 19.0 Å². The van der Waals surface area contributed by atoms with Gasteiger partial charge in [-0.15, -0.1) is 0 Å². The summed E-state index contributed by atoms with van der Waals surface area (Å²) in [6.07, 6.45) is 1.70. The molecule has 1 amide bonds. The number of anilines is 1. The third kappa shape index (κ3) is 5.47. The first-order valence-electron chi connectivity index (χ1n) is 8.37. The SMILES string of the molecule is C=CCOc1ccc(CN(C)C(C)C(=O)Nc2ccc(C#N)cc2)cc1. The lowest BCUT2D eigenvalue weighted by atomic mass is 10.1. The molecule has 0 aliphatic rings. The Balaban J connectivity index is 1.90. The van der Waals surface area contributed by atoms with Crippen LogP contribution in [0.1, 0.15) is 18.1 Å². The van der Waals surface area contributed by atoms with E-state index in [-0.39, 0.29) is 11.9 Å². The number of carbonyl (C=O) groups is 1. The number of benzene rings is 2. The van der Waals surface area contributed by atoms with Gasteiger partial charge in [0, 0.05) is 12.2 Å². The summed E-state index contributed by atoms with van der Waals surface area (Å²) >= 11 is 0. The van der Waals surface area contributed by atoms with Crippen molar-refractivity contribution >= 4 is 11.6 Å². The number of likely N-dealkylation sites (N-methyl/N-ethyl adjacent to an activating group) is 1. The van der Waals surface area contributed by atoms with Gasteiger partial charge in [0.2, 0.25) is 5.91 Å². The van der Waals surface area contributed by atoms with Crippen molar-refractivity contribution in [3.8, 4) is 11.8 Å². The van der Waals surface area contributed by atoms with Gasteiger partial charge in [-0.05, 0) is 55.9 Å². The average Bonchev–Trinajstić information content (AvgIpc) is 2.67. The molecule has 0 aliphatic heterocycles. The largest absolute Gasteiger partial charge is 0.490 e. The molecule has 1 atom stereocenters. The van der Waals surface area contributed by atoms with Crippen molar-refractivity contribution in [1.29, 1.82) is 5.26 Å². The quantitative estimate of drug-likeness (QED) is 0.740. The molecular formula is C21H23N3O2. The molecule has 134 valence electrons. The topological polar surface area (TPSA) is 65.4 Å². The fourth-order valence-corrected chi connectivity index (χ4v) is 2.35. The van der Waals surface area contributed by atoms with E-state index in [1.165, 1.54) is 0 Å². The Morgan fingerprint density at radius 1 is 1.27 bits per heavy atom. The number of carbonyl (C=O) groups excluding carboxylic acids is 1. The summed E-state index contributed by atoms with van der Waals surface area (Å²) in [7, 11) is 1.91. The third-order valence-electron chi connectivity index (χ3n) is 4.05. The maximum atomic E-state index is 12.4. The summed E-state index contributed by atoms with van der Waals surface area (Å²) in [5.41, 5.74) is 2.34. The Morgan fingerprint density at radius 3 is 2.50 bits per heavy atom. The highest BCUT2D eigenvalue weighted by Crippen LogP contribution is 2.15. The first-order valence-corrected chi connectivity index (χ1v) is 8.37. The van der Waals surface area contributed by atoms with E-state index in [1.54, 1.807) is 30.3 Å². The van der Waals surface area contributed by atoms with Crippen LogP contribution in [0.2, 0.25) is 0 Å². The lowest BCUT2D eigenvalue weighted by Crippen LogP contribution is -2.39. The zero-order valence-electron chi connectivity index (χ0n) is 15.1. The standard InChI is InChI=1S/C21H23N3O2/c1-4-13-26-20-11-7-18(8-12-20)15-24(3)16(2)21(25)23-19-9-5-17(14-22)6-10-19/h4-12,16H,1,13,15H2,2-3H3,(H,23,25). The van der Waals surface area contributed by atoms with Crippen LogP contribution in [0.3, 0.4) is 0 Å². The average molecular weight is 349 g/mol. The molecule has 5 nitrogen and oxygen atoms in total. The first kappa shape index (κ1) is 19.2. The molecule has 0 fully saturated rings. The van der Waals surface area contributed by atoms with Gasteiger partial charge >= 0.3 is 0 Å². The smallest absolute Gasteiger partial charge is 0.241 e. The van der Waals surface area contributed by atoms with Crippen molar-refractivity contribution in [3.05, 3.63) is 72.3 Å². The van der Waals surface area contributed by atoms with E-state index < -0.39 is 0 Å². The third-order valence-corrected chi connectivity index (χ3v) is 4.05. The van der Waals surface area contributed by atoms with Crippen LogP contribution in [-0.4, -0.2) is 30.5 Å². The Morgan fingerprint density at radius 2 is 1.92 bits per heavy atom. The number of nitrogens with zero attached hydrogens (tertiary/aromatic N) is 2. The summed E-state index contributed by atoms with van der Waals surface area (Å²) < 4.78 is 5.47. The molecule has 0 saturated carbocycles. The Hall–Kier alpha value is -3.10. The minimum Gasteiger partial charge on any atom is -0.490 e. The number of rotatable bonds is 8. The van der Waals surface area contributed by atoms with Gasteiger partial charge in [0.05, 0.1) is 17.7 Å². The number of nitrogens with one attached hydrogen (secondary N) is 1. The van der Waals surface area contributed by atoms with Crippen molar-refractivity contribution < 1.29 is 9.53 Å². The molecule has 0 aromatic heterocycles. The van der Waals surface area contributed by atoms with E-state index in [0.717, 1.165) is 11.3 Å². The van der Waals surface area contributed by atoms with Crippen LogP contribution >= 0.6 is 0 Å². The zero-order valence-corrected chi connectivity index (χ0v) is 15.1. The van der Waals surface area contributed by atoms with E-state index >= 15 is 0 Å². The van der Waals surface area contributed by atoms with Gasteiger partial charge in [0.15, 0.2) is 0 Å². The van der Waals surface area contributed by atoms with E-state index in [9.17, 15) is 4.79 Å². The fraction of sp³-hybridized carbons (Fsp3) is 0.238. The molecule has 0 bridgehead atoms. The van der Waals surface area contributed by atoms with E-state index in [4.69, 9.17) is 10.00 Å². The van der Waals surface area contributed by atoms with Crippen LogP contribution in [0.25, 0.3) is 0 Å². The molecule has 1 unspecified atom stereocenters. The van der Waals surface area contributed by atoms with Gasteiger partial charge in [-0.1, -0.05) is 24.8 Å². The summed E-state index contributed by atoms with van der Waals surface area (Å²) in [6.45, 7) is 6.61. The summed E-state index contributed by atoms with van der Waals surface area (Å²) in [6, 6.07) is 16.4. The van der Waals surface area contributed by atoms with Gasteiger partial charge in [0.25, 0.3) is 0 Å². The van der Waals surface area contributed by atoms with Gasteiger partial charge in [0.1, 0.15) is 12.4 Å². The van der Waals surface area contributed by atoms with Crippen LogP contribution in [-0.2, 0) is 11.3 Å². The Kier molecular flexibility index (Phi) is 6.95. The summed E-state index contributed by atoms with van der Waals surface area (Å²) in [5, 5.41) is 11.7. The highest BCUT2D eigenvalue weighted by molar-refractivity contribution is 5.94. The molecule has 0 spiro atoms. The molecule has 2 rings (SSSR count). The van der Waals surface area contributed by atoms with Crippen molar-refractivity contribution in [2.45, 2.75) is 19.5 Å². The van der Waals surface area contributed by atoms with Crippen LogP contribution in [0, 0.1) is 11.3 Å². The van der Waals surface area contributed by atoms with Crippen LogP contribution in [0.5, 0.6) is 5.75 Å². The summed E-state index contributed by atoms with van der Waals surface area (Å²) in [4.78, 5) is 14.4. The predicted octanol–water partition coefficient (Wildman–Crippen LogP) is 3.58. The minimum atomic E-state index is -0.303. The van der Waals surface area contributed by atoms with Gasteiger partial charge in [-0.2, -0.15) is 5.26 Å². The second-order valence-electron chi connectivity index (χ2n) is 6.01. The van der Waals surface area contributed by atoms with Gasteiger partial charge in [-0.3, -0.25) is 9.69 Å². The summed E-state index contributed by atoms with van der Waals surface area (Å²) in [5.74, 6) is 0.700. The van der Waals surface area contributed by atoms with Crippen LogP contribution in [0.4, 0.5) is 5.69 Å². The predicted molar refractivity (Wildman–Crippen MR) is 103 cm³/mol. The van der Waals surface area contributed by atoms with E-state index in [1.807, 2.05) is 43.1 Å². The second-order valence-corrected chi connectivity index (χ2v) is 6.01. The molecule has 0 saturated heterocycles. The van der Waals surface area contributed by atoms with E-state index in [0.29, 0.717) is 24.4 Å². The molecular weight excluding hydrogens is 326 g/mol. The Bertz CT molecular complexity index is 776. The van der Waals surface area contributed by atoms with Crippen LogP contribution < -0.4 is 10.1 Å². The fourth-order valence-electron chi connectivity index (χ4n) is 2.35. The lowest BCUT2D eigenvalue weighted by molar-refractivity contribution is -0.120. The molecule has 0 aliphatic carbocycles. The number of ether oxygens (including phenoxy) is 1. The molecule has 5 heteroatoms. The molecule has 1 N–H and O–H groups in total. The van der Waals surface area contributed by atoms with E-state index in [2.05, 4.69) is 18.0 Å². The molecule has 26 heavy (non-hydrogen) atoms. The van der Waals surface area contributed by atoms with Crippen molar-refractivity contribution in [2.24, 2.45) is 0 Å². The number of amides is 1. The highest BCUT2D eigenvalue weighted by Gasteiger charge is 2.18. The zero-order chi connectivity index (χ0) is 18.9. The maximum absolute atomic E-state index is 12.4. The number of hydrogen-bond donors (Lipinski definition) is 1. The second kappa shape index (κ2) is 9.40. The van der Waals surface area contributed by atoms with Gasteiger partial charge < -0.3 is 10.1 Å². The Labute approximate surface area is 154 Å². The number of hydrogen-bond acceptors (Lipinski definition) is 4. The maximum Gasteiger partial charge on any atom is 0.241 e. The van der Waals surface area contributed by atoms with Crippen LogP contribution in [0.15, 0.2) is 61.2 Å². The number of nitriles is 1. The lowest BCUT2D eigenvalue weighted by Gasteiger charge is -2.24. The monoisotopic (exact) mass is 349 g/mol. The molecule has 2 aromatic carbocycles. The molecule has 2 aromatic rings. The van der Waals surface area contributed by atoms with Crippen molar-refractivity contribution in [1.82, 2.24) is 4.90 Å². The van der Waals surface area contributed by atoms with Gasteiger partial charge in [-0.25, -0.2) is 0 Å². The highest BCUT2D eigenvalue weighted by atomic mass is 16.5.